The van der Waals surface area contributed by atoms with Gasteiger partial charge in [-0.05, 0) is 11.1 Å². The van der Waals surface area contributed by atoms with E-state index in [0.29, 0.717) is 0 Å². The summed E-state index contributed by atoms with van der Waals surface area (Å²) in [6.07, 6.45) is 0.573. The summed E-state index contributed by atoms with van der Waals surface area (Å²) >= 11 is 34.5. The molecule has 1 aromatic rings. The summed E-state index contributed by atoms with van der Waals surface area (Å²) in [5.41, 5.74) is 1.74. The van der Waals surface area contributed by atoms with Crippen LogP contribution in [0.2, 0.25) is 0 Å². The minimum Gasteiger partial charge on any atom is -0.134 e. The number of halogens is 6. The van der Waals surface area contributed by atoms with Gasteiger partial charge in [-0.25, -0.2) is 0 Å². The predicted octanol–water partition coefficient (Wildman–Crippen LogP) is 5.14. The fourth-order valence-electron chi connectivity index (χ4n) is 1.33. The van der Waals surface area contributed by atoms with Gasteiger partial charge in [0, 0.05) is 17.4 Å². The summed E-state index contributed by atoms with van der Waals surface area (Å²) in [6, 6.07) is 7.42. The molecule has 2 N–H and O–H groups in total. The lowest BCUT2D eigenvalue weighted by atomic mass is 10.0. The van der Waals surface area contributed by atoms with E-state index in [1.165, 1.54) is 0 Å². The molecule has 20 heavy (non-hydrogen) atoms. The fourth-order valence-corrected chi connectivity index (χ4v) is 2.20. The molecule has 0 radical (unpaired) electrons. The molecule has 0 aliphatic rings. The van der Waals surface area contributed by atoms with Crippen LogP contribution in [0.15, 0.2) is 24.3 Å². The third-order valence-electron chi connectivity index (χ3n) is 1.90. The topological polar surface area (TPSA) is 57.5 Å². The first-order valence-corrected chi connectivity index (χ1v) is 8.39. The minimum absolute atomic E-state index is 0.286. The average Bonchev–Trinajstić information content (AvgIpc) is 2.15. The Morgan fingerprint density at radius 1 is 0.850 bits per heavy atom. The van der Waals surface area contributed by atoms with Gasteiger partial charge in [0.15, 0.2) is 7.59 Å². The Hall–Kier alpha value is 0.980. The second kappa shape index (κ2) is 9.19. The zero-order valence-electron chi connectivity index (χ0n) is 9.74. The Kier molecular flexibility index (Phi) is 9.64. The summed E-state index contributed by atoms with van der Waals surface area (Å²) < 4.78 is 6.02. The van der Waals surface area contributed by atoms with E-state index in [1.807, 2.05) is 24.3 Å². The van der Waals surface area contributed by atoms with E-state index in [-0.39, 0.29) is 12.8 Å². The molecule has 3 nitrogen and oxygen atoms in total. The highest BCUT2D eigenvalue weighted by Gasteiger charge is 2.25. The van der Waals surface area contributed by atoms with Gasteiger partial charge in [0.25, 0.3) is 0 Å². The minimum atomic E-state index is -2.87. The SMILES string of the molecule is ClC(Cl)(Cl)Cc1ccccc1CC(Cl)(Cl)Cl.O=[P+](O)O. The standard InChI is InChI=1S/C10H8Cl6.HO3P/c11-9(12,13)5-7-3-1-2-4-8(7)6-10(14,15)16;1-4(2)3/h1-4H,5-6H2;(H-,1,2,3)/p+1. The van der Waals surface area contributed by atoms with Crippen molar-refractivity contribution in [1.29, 1.82) is 0 Å². The monoisotopic (exact) mass is 419 g/mol. The van der Waals surface area contributed by atoms with Crippen molar-refractivity contribution in [2.24, 2.45) is 0 Å². The highest BCUT2D eigenvalue weighted by molar-refractivity contribution is 7.30. The summed E-state index contributed by atoms with van der Waals surface area (Å²) in [5, 5.41) is 0. The molecule has 1 rings (SSSR count). The van der Waals surface area contributed by atoms with Gasteiger partial charge in [0.05, 0.1) is 0 Å². The van der Waals surface area contributed by atoms with Crippen LogP contribution in [0.25, 0.3) is 0 Å². The maximum Gasteiger partial charge on any atom is 0.692 e. The Morgan fingerprint density at radius 3 is 1.30 bits per heavy atom. The molecule has 0 saturated heterocycles. The van der Waals surface area contributed by atoms with Crippen LogP contribution in [0.4, 0.5) is 0 Å². The Labute approximate surface area is 147 Å². The van der Waals surface area contributed by atoms with E-state index in [0.717, 1.165) is 11.1 Å². The zero-order valence-corrected chi connectivity index (χ0v) is 15.2. The van der Waals surface area contributed by atoms with Crippen LogP contribution in [0, 0.1) is 0 Å². The first-order chi connectivity index (χ1) is 8.91. The Morgan fingerprint density at radius 2 is 1.10 bits per heavy atom. The molecule has 114 valence electrons. The molecule has 0 atom stereocenters. The van der Waals surface area contributed by atoms with Gasteiger partial charge >= 0.3 is 8.25 Å². The second-order valence-corrected chi connectivity index (χ2v) is 9.14. The van der Waals surface area contributed by atoms with E-state index in [1.54, 1.807) is 0 Å². The number of alkyl halides is 6. The van der Waals surface area contributed by atoms with Crippen molar-refractivity contribution in [2.75, 3.05) is 0 Å². The molecule has 0 unspecified atom stereocenters. The van der Waals surface area contributed by atoms with Crippen LogP contribution in [0.5, 0.6) is 0 Å². The lowest BCUT2D eigenvalue weighted by molar-refractivity contribution is 0.405. The molecular formula is C10H10Cl6O3P+. The smallest absolute Gasteiger partial charge is 0.134 e. The van der Waals surface area contributed by atoms with Crippen LogP contribution in [0.1, 0.15) is 11.1 Å². The molecule has 0 aliphatic heterocycles. The lowest BCUT2D eigenvalue weighted by Crippen LogP contribution is -2.13. The maximum absolute atomic E-state index is 8.70. The van der Waals surface area contributed by atoms with Gasteiger partial charge in [-0.3, -0.25) is 0 Å². The third kappa shape index (κ3) is 12.7. The summed E-state index contributed by atoms with van der Waals surface area (Å²) in [4.78, 5) is 14.2. The first-order valence-electron chi connectivity index (χ1n) is 4.96. The number of rotatable bonds is 2. The van der Waals surface area contributed by atoms with Crippen LogP contribution in [0.3, 0.4) is 0 Å². The highest BCUT2D eigenvalue weighted by atomic mass is 35.6. The van der Waals surface area contributed by atoms with E-state index in [4.69, 9.17) is 84.0 Å². The normalized spacial score (nSPS) is 11.6. The van der Waals surface area contributed by atoms with Gasteiger partial charge in [0.1, 0.15) is 0 Å². The molecule has 0 aliphatic carbocycles. The predicted molar refractivity (Wildman–Crippen MR) is 86.5 cm³/mol. The second-order valence-electron chi connectivity index (χ2n) is 3.61. The van der Waals surface area contributed by atoms with E-state index < -0.39 is 15.8 Å². The summed E-state index contributed by atoms with van der Waals surface area (Å²) in [5.74, 6) is 0. The number of benzene rings is 1. The van der Waals surface area contributed by atoms with Crippen molar-refractivity contribution >= 4 is 77.9 Å². The van der Waals surface area contributed by atoms with Crippen molar-refractivity contribution in [3.8, 4) is 0 Å². The lowest BCUT2D eigenvalue weighted by Gasteiger charge is -2.17. The van der Waals surface area contributed by atoms with Crippen molar-refractivity contribution in [1.82, 2.24) is 0 Å². The Balaban J connectivity index is 0.000000796. The Bertz CT molecular complexity index is 404. The molecule has 1 aromatic carbocycles. The third-order valence-corrected chi connectivity index (χ3v) is 2.70. The maximum atomic E-state index is 8.70. The van der Waals surface area contributed by atoms with Crippen LogP contribution in [-0.2, 0) is 17.4 Å². The van der Waals surface area contributed by atoms with Crippen molar-refractivity contribution in [2.45, 2.75) is 20.4 Å². The molecule has 0 spiro atoms. The molecule has 0 aromatic heterocycles. The van der Waals surface area contributed by atoms with Gasteiger partial charge in [-0.2, -0.15) is 0 Å². The van der Waals surface area contributed by atoms with E-state index in [2.05, 4.69) is 0 Å². The van der Waals surface area contributed by atoms with Gasteiger partial charge in [-0.1, -0.05) is 93.9 Å². The molecule has 0 bridgehead atoms. The van der Waals surface area contributed by atoms with Gasteiger partial charge in [-0.15, -0.1) is 9.79 Å². The van der Waals surface area contributed by atoms with Crippen molar-refractivity contribution < 1.29 is 14.4 Å². The first kappa shape index (κ1) is 21.0. The zero-order chi connectivity index (χ0) is 16.0. The van der Waals surface area contributed by atoms with Crippen molar-refractivity contribution in [3.63, 3.8) is 0 Å². The highest BCUT2D eigenvalue weighted by Crippen LogP contribution is 2.35. The molecule has 0 heterocycles. The van der Waals surface area contributed by atoms with Crippen molar-refractivity contribution in [3.05, 3.63) is 35.4 Å². The van der Waals surface area contributed by atoms with E-state index >= 15 is 0 Å². The summed E-state index contributed by atoms with van der Waals surface area (Å²) in [7, 11) is -2.87. The molecule has 0 saturated carbocycles. The van der Waals surface area contributed by atoms with Crippen LogP contribution < -0.4 is 0 Å². The summed E-state index contributed by atoms with van der Waals surface area (Å²) in [6.45, 7) is 0. The van der Waals surface area contributed by atoms with Crippen LogP contribution in [-0.4, -0.2) is 17.4 Å². The van der Waals surface area contributed by atoms with Gasteiger partial charge < -0.3 is 0 Å². The van der Waals surface area contributed by atoms with E-state index in [9.17, 15) is 0 Å². The largest absolute Gasteiger partial charge is 0.692 e. The quantitative estimate of drug-likeness (QED) is 0.513. The number of hydrogen-bond donors (Lipinski definition) is 2. The molecule has 0 amide bonds. The fraction of sp³-hybridized carbons (Fsp3) is 0.400. The molecule has 10 heteroatoms. The molecule has 0 fully saturated rings. The molecular weight excluding hydrogens is 412 g/mol. The average molecular weight is 422 g/mol. The van der Waals surface area contributed by atoms with Gasteiger partial charge in [0.2, 0.25) is 0 Å². The van der Waals surface area contributed by atoms with Crippen LogP contribution >= 0.6 is 77.9 Å². The number of hydrogen-bond acceptors (Lipinski definition) is 1.